The molecule has 0 bridgehead atoms. The molecular weight excluding hydrogens is 254 g/mol. The van der Waals surface area contributed by atoms with Crippen LogP contribution < -0.4 is 0 Å². The summed E-state index contributed by atoms with van der Waals surface area (Å²) in [5, 5.41) is 0. The number of nitrogens with zero attached hydrogens (tertiary/aromatic N) is 3. The molecule has 0 spiro atoms. The van der Waals surface area contributed by atoms with Gasteiger partial charge in [-0.2, -0.15) is 0 Å². The Hall–Kier alpha value is -1.04. The molecule has 2 fully saturated rings. The quantitative estimate of drug-likeness (QED) is 0.834. The molecule has 5 heteroatoms. The van der Waals surface area contributed by atoms with Crippen molar-refractivity contribution in [2.45, 2.75) is 38.0 Å². The maximum Gasteiger partial charge on any atom is 0.142 e. The highest BCUT2D eigenvalue weighted by atomic mass is 16.5. The van der Waals surface area contributed by atoms with Gasteiger partial charge < -0.3 is 9.47 Å². The van der Waals surface area contributed by atoms with Gasteiger partial charge in [-0.15, -0.1) is 0 Å². The van der Waals surface area contributed by atoms with Crippen molar-refractivity contribution < 1.29 is 9.47 Å². The second-order valence-electron chi connectivity index (χ2n) is 5.65. The average molecular weight is 277 g/mol. The fourth-order valence-corrected chi connectivity index (χ4v) is 3.53. The summed E-state index contributed by atoms with van der Waals surface area (Å²) in [6, 6.07) is 2.29. The largest absolute Gasteiger partial charge is 0.381 e. The zero-order valence-electron chi connectivity index (χ0n) is 12.1. The van der Waals surface area contributed by atoms with Crippen molar-refractivity contribution >= 4 is 0 Å². The van der Waals surface area contributed by atoms with E-state index in [9.17, 15) is 0 Å². The minimum atomic E-state index is 0.376. The fourth-order valence-electron chi connectivity index (χ4n) is 3.53. The molecule has 1 aliphatic carbocycles. The highest BCUT2D eigenvalue weighted by molar-refractivity contribution is 4.94. The zero-order chi connectivity index (χ0) is 13.8. The van der Waals surface area contributed by atoms with Crippen LogP contribution >= 0.6 is 0 Å². The minimum absolute atomic E-state index is 0.376. The van der Waals surface area contributed by atoms with Crippen LogP contribution in [-0.2, 0) is 16.0 Å². The lowest BCUT2D eigenvalue weighted by Gasteiger charge is -2.40. The number of hydrogen-bond acceptors (Lipinski definition) is 5. The summed E-state index contributed by atoms with van der Waals surface area (Å²) >= 11 is 0. The molecule has 1 aromatic heterocycles. The van der Waals surface area contributed by atoms with E-state index >= 15 is 0 Å². The first-order valence-electron chi connectivity index (χ1n) is 7.49. The van der Waals surface area contributed by atoms with Crippen molar-refractivity contribution in [2.24, 2.45) is 5.92 Å². The molecule has 1 saturated heterocycles. The molecule has 3 atom stereocenters. The molecule has 2 heterocycles. The smallest absolute Gasteiger partial charge is 0.142 e. The van der Waals surface area contributed by atoms with Crippen molar-refractivity contribution in [3.8, 4) is 0 Å². The average Bonchev–Trinajstić information content (AvgIpc) is 2.97. The Morgan fingerprint density at radius 1 is 1.35 bits per heavy atom. The van der Waals surface area contributed by atoms with Gasteiger partial charge in [-0.3, -0.25) is 4.90 Å². The lowest BCUT2D eigenvalue weighted by atomic mass is 9.94. The van der Waals surface area contributed by atoms with E-state index in [1.807, 2.05) is 25.6 Å². The molecule has 5 nitrogen and oxygen atoms in total. The first-order chi connectivity index (χ1) is 9.88. The van der Waals surface area contributed by atoms with Crippen molar-refractivity contribution in [3.63, 3.8) is 0 Å². The summed E-state index contributed by atoms with van der Waals surface area (Å²) in [4.78, 5) is 11.2. The molecule has 1 saturated carbocycles. The van der Waals surface area contributed by atoms with E-state index in [4.69, 9.17) is 9.47 Å². The molecule has 0 amide bonds. The van der Waals surface area contributed by atoms with Crippen molar-refractivity contribution in [1.82, 2.24) is 14.9 Å². The number of hydrogen-bond donors (Lipinski definition) is 0. The van der Waals surface area contributed by atoms with Gasteiger partial charge in [0, 0.05) is 38.0 Å². The molecule has 0 N–H and O–H groups in total. The maximum absolute atomic E-state index is 5.72. The first-order valence-corrected chi connectivity index (χ1v) is 7.49. The summed E-state index contributed by atoms with van der Waals surface area (Å²) in [6.45, 7) is 3.36. The molecule has 0 aromatic carbocycles. The van der Waals surface area contributed by atoms with E-state index in [0.29, 0.717) is 18.1 Å². The number of aromatic nitrogens is 2. The van der Waals surface area contributed by atoms with Crippen LogP contribution in [0.3, 0.4) is 0 Å². The molecule has 0 radical (unpaired) electrons. The minimum Gasteiger partial charge on any atom is -0.381 e. The molecule has 2 aliphatic rings. The molecule has 3 rings (SSSR count). The highest BCUT2D eigenvalue weighted by Gasteiger charge is 2.38. The second kappa shape index (κ2) is 6.61. The summed E-state index contributed by atoms with van der Waals surface area (Å²) < 4.78 is 11.4. The van der Waals surface area contributed by atoms with Gasteiger partial charge >= 0.3 is 0 Å². The fraction of sp³-hybridized carbons (Fsp3) is 0.733. The summed E-state index contributed by atoms with van der Waals surface area (Å²) in [5.41, 5.74) is 0. The Morgan fingerprint density at radius 2 is 2.20 bits per heavy atom. The summed E-state index contributed by atoms with van der Waals surface area (Å²) in [6.07, 6.45) is 7.67. The van der Waals surface area contributed by atoms with Crippen molar-refractivity contribution in [2.75, 3.05) is 26.9 Å². The van der Waals surface area contributed by atoms with Gasteiger partial charge in [0.05, 0.1) is 25.9 Å². The van der Waals surface area contributed by atoms with Crippen molar-refractivity contribution in [3.05, 3.63) is 24.3 Å². The second-order valence-corrected chi connectivity index (χ2v) is 5.65. The van der Waals surface area contributed by atoms with E-state index in [1.54, 1.807) is 0 Å². The van der Waals surface area contributed by atoms with E-state index in [1.165, 1.54) is 19.3 Å². The van der Waals surface area contributed by atoms with Crippen LogP contribution in [0.5, 0.6) is 0 Å². The third-order valence-electron chi connectivity index (χ3n) is 4.54. The van der Waals surface area contributed by atoms with Crippen LogP contribution in [0.15, 0.2) is 18.5 Å². The van der Waals surface area contributed by atoms with E-state index < -0.39 is 0 Å². The topological polar surface area (TPSA) is 47.5 Å². The lowest BCUT2D eigenvalue weighted by Crippen LogP contribution is -2.51. The number of morpholine rings is 1. The monoisotopic (exact) mass is 277 g/mol. The maximum atomic E-state index is 5.72. The number of rotatable bonds is 4. The zero-order valence-corrected chi connectivity index (χ0v) is 12.1. The lowest BCUT2D eigenvalue weighted by molar-refractivity contribution is -0.0616. The van der Waals surface area contributed by atoms with Gasteiger partial charge in [0.25, 0.3) is 0 Å². The predicted octanol–water partition coefficient (Wildman–Crippen LogP) is 1.49. The van der Waals surface area contributed by atoms with Crippen LogP contribution in [0.2, 0.25) is 0 Å². The molecule has 110 valence electrons. The van der Waals surface area contributed by atoms with Gasteiger partial charge in [-0.05, 0) is 18.9 Å². The highest BCUT2D eigenvalue weighted by Crippen LogP contribution is 2.34. The number of methoxy groups -OCH3 is 1. The standard InChI is InChI=1S/C15H23N3O2/c1-19-14-5-2-4-12(14)13-11-20-9-8-18(13)10-15-16-6-3-7-17-15/h3,6-7,12-14H,2,4-5,8-11H2,1H3/t12-,13-,14-/m1/s1. The molecule has 1 aliphatic heterocycles. The van der Waals surface area contributed by atoms with E-state index in [-0.39, 0.29) is 0 Å². The van der Waals surface area contributed by atoms with Gasteiger partial charge in [-0.1, -0.05) is 6.42 Å². The van der Waals surface area contributed by atoms with Crippen molar-refractivity contribution in [1.29, 1.82) is 0 Å². The Bertz CT molecular complexity index is 415. The van der Waals surface area contributed by atoms with Crippen LogP contribution in [-0.4, -0.2) is 53.9 Å². The molecular formula is C15H23N3O2. The Labute approximate surface area is 120 Å². The van der Waals surface area contributed by atoms with Crippen LogP contribution in [0.25, 0.3) is 0 Å². The van der Waals surface area contributed by atoms with Gasteiger partial charge in [0.2, 0.25) is 0 Å². The SMILES string of the molecule is CO[C@@H]1CCC[C@@H]1[C@H]1COCCN1Cc1ncccn1. The molecule has 1 aromatic rings. The van der Waals surface area contributed by atoms with Crippen LogP contribution in [0.1, 0.15) is 25.1 Å². The number of ether oxygens (including phenoxy) is 2. The summed E-state index contributed by atoms with van der Waals surface area (Å²) in [5.74, 6) is 1.47. The van der Waals surface area contributed by atoms with E-state index in [2.05, 4.69) is 14.9 Å². The van der Waals surface area contributed by atoms with Gasteiger partial charge in [0.15, 0.2) is 0 Å². The summed E-state index contributed by atoms with van der Waals surface area (Å²) in [7, 11) is 1.83. The first kappa shape index (κ1) is 13.9. The van der Waals surface area contributed by atoms with Crippen LogP contribution in [0.4, 0.5) is 0 Å². The molecule has 0 unspecified atom stereocenters. The molecule has 20 heavy (non-hydrogen) atoms. The third-order valence-corrected chi connectivity index (χ3v) is 4.54. The van der Waals surface area contributed by atoms with E-state index in [0.717, 1.165) is 32.1 Å². The van der Waals surface area contributed by atoms with Gasteiger partial charge in [-0.25, -0.2) is 9.97 Å². The van der Waals surface area contributed by atoms with Crippen LogP contribution in [0, 0.1) is 5.92 Å². The van der Waals surface area contributed by atoms with Gasteiger partial charge in [0.1, 0.15) is 5.82 Å². The normalized spacial score (nSPS) is 31.6. The third kappa shape index (κ3) is 3.00. The Morgan fingerprint density at radius 3 is 3.00 bits per heavy atom. The Kier molecular flexibility index (Phi) is 4.60. The Balaban J connectivity index is 1.70. The predicted molar refractivity (Wildman–Crippen MR) is 75.2 cm³/mol.